The molecule has 4 nitrogen and oxygen atoms in total. The number of benzene rings is 2. The van der Waals surface area contributed by atoms with Crippen molar-refractivity contribution in [1.29, 1.82) is 5.26 Å². The van der Waals surface area contributed by atoms with Gasteiger partial charge in [-0.05, 0) is 42.7 Å². The summed E-state index contributed by atoms with van der Waals surface area (Å²) < 4.78 is 5.54. The van der Waals surface area contributed by atoms with E-state index in [0.29, 0.717) is 11.3 Å². The molecule has 0 saturated heterocycles. The fraction of sp³-hybridized carbons (Fsp3) is 0.222. The average Bonchev–Trinajstić information content (AvgIpc) is 2.59. The Hall–Kier alpha value is -2.80. The Morgan fingerprint density at radius 1 is 1.23 bits per heavy atom. The van der Waals surface area contributed by atoms with E-state index >= 15 is 0 Å². The molecule has 0 unspecified atom stereocenters. The number of ether oxygens (including phenoxy) is 1. The SMILES string of the molecule is N#Cc1cccc(OCC(=O)N2CCCc3ccccc32)c1. The second-order valence-corrected chi connectivity index (χ2v) is 5.21. The lowest BCUT2D eigenvalue weighted by Gasteiger charge is -2.29. The molecule has 0 saturated carbocycles. The first kappa shape index (κ1) is 14.2. The van der Waals surface area contributed by atoms with Gasteiger partial charge in [0.2, 0.25) is 0 Å². The highest BCUT2D eigenvalue weighted by Gasteiger charge is 2.22. The minimum atomic E-state index is -0.0606. The summed E-state index contributed by atoms with van der Waals surface area (Å²) in [4.78, 5) is 14.2. The molecule has 1 amide bonds. The zero-order chi connectivity index (χ0) is 15.4. The quantitative estimate of drug-likeness (QED) is 0.874. The van der Waals surface area contributed by atoms with E-state index in [9.17, 15) is 4.79 Å². The van der Waals surface area contributed by atoms with Gasteiger partial charge in [-0.25, -0.2) is 0 Å². The maximum atomic E-state index is 12.4. The summed E-state index contributed by atoms with van der Waals surface area (Å²) in [7, 11) is 0. The molecule has 1 aliphatic heterocycles. The molecule has 0 aromatic heterocycles. The van der Waals surface area contributed by atoms with Crippen LogP contribution in [0.15, 0.2) is 48.5 Å². The number of para-hydroxylation sites is 1. The molecule has 2 aromatic rings. The third-order valence-electron chi connectivity index (χ3n) is 3.74. The van der Waals surface area contributed by atoms with Gasteiger partial charge in [-0.3, -0.25) is 4.79 Å². The second kappa shape index (κ2) is 6.31. The average molecular weight is 292 g/mol. The number of nitriles is 1. The number of aryl methyl sites for hydroxylation is 1. The third-order valence-corrected chi connectivity index (χ3v) is 3.74. The van der Waals surface area contributed by atoms with Crippen molar-refractivity contribution in [3.05, 3.63) is 59.7 Å². The van der Waals surface area contributed by atoms with Gasteiger partial charge in [0.15, 0.2) is 6.61 Å². The highest BCUT2D eigenvalue weighted by Crippen LogP contribution is 2.26. The number of rotatable bonds is 3. The van der Waals surface area contributed by atoms with Crippen molar-refractivity contribution < 1.29 is 9.53 Å². The predicted molar refractivity (Wildman–Crippen MR) is 83.8 cm³/mol. The van der Waals surface area contributed by atoms with E-state index in [0.717, 1.165) is 25.1 Å². The van der Waals surface area contributed by atoms with Crippen LogP contribution in [0.2, 0.25) is 0 Å². The van der Waals surface area contributed by atoms with E-state index in [1.54, 1.807) is 29.2 Å². The van der Waals surface area contributed by atoms with Crippen molar-refractivity contribution in [2.24, 2.45) is 0 Å². The van der Waals surface area contributed by atoms with E-state index in [1.807, 2.05) is 18.2 Å². The van der Waals surface area contributed by atoms with Crippen LogP contribution in [0.25, 0.3) is 0 Å². The standard InChI is InChI=1S/C18H16N2O2/c19-12-14-5-3-8-16(11-14)22-13-18(21)20-10-4-7-15-6-1-2-9-17(15)20/h1-3,5-6,8-9,11H,4,7,10,13H2. The zero-order valence-electron chi connectivity index (χ0n) is 12.2. The van der Waals surface area contributed by atoms with E-state index in [4.69, 9.17) is 10.00 Å². The highest BCUT2D eigenvalue weighted by molar-refractivity contribution is 5.95. The van der Waals surface area contributed by atoms with Gasteiger partial charge in [-0.2, -0.15) is 5.26 Å². The van der Waals surface area contributed by atoms with Crippen molar-refractivity contribution in [2.45, 2.75) is 12.8 Å². The van der Waals surface area contributed by atoms with Crippen molar-refractivity contribution >= 4 is 11.6 Å². The van der Waals surface area contributed by atoms with Crippen molar-refractivity contribution in [1.82, 2.24) is 0 Å². The minimum Gasteiger partial charge on any atom is -0.484 e. The molecular weight excluding hydrogens is 276 g/mol. The molecule has 3 rings (SSSR count). The van der Waals surface area contributed by atoms with Crippen LogP contribution < -0.4 is 9.64 Å². The van der Waals surface area contributed by atoms with Gasteiger partial charge in [0.05, 0.1) is 11.6 Å². The molecule has 4 heteroatoms. The maximum Gasteiger partial charge on any atom is 0.264 e. The largest absolute Gasteiger partial charge is 0.484 e. The Labute approximate surface area is 129 Å². The van der Waals surface area contributed by atoms with Gasteiger partial charge in [-0.1, -0.05) is 24.3 Å². The minimum absolute atomic E-state index is 0.0246. The Balaban J connectivity index is 1.69. The Morgan fingerprint density at radius 2 is 2.09 bits per heavy atom. The molecule has 0 radical (unpaired) electrons. The smallest absolute Gasteiger partial charge is 0.264 e. The molecule has 0 spiro atoms. The molecule has 0 N–H and O–H groups in total. The molecule has 110 valence electrons. The molecule has 0 atom stereocenters. The maximum absolute atomic E-state index is 12.4. The summed E-state index contributed by atoms with van der Waals surface area (Å²) in [5.41, 5.74) is 2.70. The fourth-order valence-electron chi connectivity index (χ4n) is 2.67. The zero-order valence-corrected chi connectivity index (χ0v) is 12.2. The molecule has 0 bridgehead atoms. The van der Waals surface area contributed by atoms with E-state index in [-0.39, 0.29) is 12.5 Å². The Kier molecular flexibility index (Phi) is 4.06. The van der Waals surface area contributed by atoms with E-state index in [2.05, 4.69) is 12.1 Å². The molecule has 1 heterocycles. The van der Waals surface area contributed by atoms with Gasteiger partial charge in [0.25, 0.3) is 5.91 Å². The van der Waals surface area contributed by atoms with Gasteiger partial charge in [-0.15, -0.1) is 0 Å². The van der Waals surface area contributed by atoms with Crippen LogP contribution in [-0.2, 0) is 11.2 Å². The number of hydrogen-bond donors (Lipinski definition) is 0. The first-order valence-electron chi connectivity index (χ1n) is 7.29. The van der Waals surface area contributed by atoms with Gasteiger partial charge in [0.1, 0.15) is 5.75 Å². The number of hydrogen-bond acceptors (Lipinski definition) is 3. The van der Waals surface area contributed by atoms with Crippen LogP contribution >= 0.6 is 0 Å². The summed E-state index contributed by atoms with van der Waals surface area (Å²) >= 11 is 0. The lowest BCUT2D eigenvalue weighted by atomic mass is 10.0. The number of carbonyl (C=O) groups is 1. The summed E-state index contributed by atoms with van der Waals surface area (Å²) in [5, 5.41) is 8.87. The number of nitrogens with zero attached hydrogens (tertiary/aromatic N) is 2. The molecular formula is C18H16N2O2. The number of amides is 1. The third kappa shape index (κ3) is 2.94. The fourth-order valence-corrected chi connectivity index (χ4v) is 2.67. The Bertz CT molecular complexity index is 734. The number of fused-ring (bicyclic) bond motifs is 1. The molecule has 0 fully saturated rings. The Morgan fingerprint density at radius 3 is 2.95 bits per heavy atom. The summed E-state index contributed by atoms with van der Waals surface area (Å²) in [6.45, 7) is 0.695. The number of anilines is 1. The normalized spacial score (nSPS) is 13.1. The van der Waals surface area contributed by atoms with Crippen LogP contribution in [0.1, 0.15) is 17.5 Å². The predicted octanol–water partition coefficient (Wildman–Crippen LogP) is 2.92. The topological polar surface area (TPSA) is 53.3 Å². The van der Waals surface area contributed by atoms with Crippen LogP contribution in [0, 0.1) is 11.3 Å². The van der Waals surface area contributed by atoms with Crippen LogP contribution in [0.5, 0.6) is 5.75 Å². The first-order chi connectivity index (χ1) is 10.8. The van der Waals surface area contributed by atoms with Crippen LogP contribution in [0.3, 0.4) is 0 Å². The van der Waals surface area contributed by atoms with E-state index < -0.39 is 0 Å². The van der Waals surface area contributed by atoms with Crippen molar-refractivity contribution in [2.75, 3.05) is 18.1 Å². The van der Waals surface area contributed by atoms with Crippen molar-refractivity contribution in [3.8, 4) is 11.8 Å². The molecule has 22 heavy (non-hydrogen) atoms. The highest BCUT2D eigenvalue weighted by atomic mass is 16.5. The van der Waals surface area contributed by atoms with Crippen LogP contribution in [-0.4, -0.2) is 19.1 Å². The van der Waals surface area contributed by atoms with Crippen LogP contribution in [0.4, 0.5) is 5.69 Å². The molecule has 2 aromatic carbocycles. The first-order valence-corrected chi connectivity index (χ1v) is 7.29. The summed E-state index contributed by atoms with van der Waals surface area (Å²) in [5.74, 6) is 0.479. The lowest BCUT2D eigenvalue weighted by Crippen LogP contribution is -2.38. The van der Waals surface area contributed by atoms with Gasteiger partial charge in [0, 0.05) is 12.2 Å². The second-order valence-electron chi connectivity index (χ2n) is 5.21. The van der Waals surface area contributed by atoms with Crippen molar-refractivity contribution in [3.63, 3.8) is 0 Å². The monoisotopic (exact) mass is 292 g/mol. The number of carbonyl (C=O) groups excluding carboxylic acids is 1. The summed E-state index contributed by atoms with van der Waals surface area (Å²) in [6, 6.07) is 16.9. The molecule has 1 aliphatic rings. The van der Waals surface area contributed by atoms with Gasteiger partial charge < -0.3 is 9.64 Å². The lowest BCUT2D eigenvalue weighted by molar-refractivity contribution is -0.120. The molecule has 0 aliphatic carbocycles. The summed E-state index contributed by atoms with van der Waals surface area (Å²) in [6.07, 6.45) is 1.97. The van der Waals surface area contributed by atoms with Gasteiger partial charge >= 0.3 is 0 Å². The van der Waals surface area contributed by atoms with E-state index in [1.165, 1.54) is 5.56 Å².